The Labute approximate surface area is 80.8 Å². The van der Waals surface area contributed by atoms with E-state index in [4.69, 9.17) is 5.11 Å². The lowest BCUT2D eigenvalue weighted by Gasteiger charge is -2.13. The van der Waals surface area contributed by atoms with Gasteiger partial charge in [0.1, 0.15) is 0 Å². The number of hydrogen-bond donors (Lipinski definition) is 1. The molecule has 0 rings (SSSR count). The summed E-state index contributed by atoms with van der Waals surface area (Å²) >= 11 is 0. The lowest BCUT2D eigenvalue weighted by atomic mass is 10.4. The lowest BCUT2D eigenvalue weighted by Crippen LogP contribution is -2.31. The Morgan fingerprint density at radius 1 is 1.07 bits per heavy atom. The maximum atomic E-state index is 11.0. The van der Waals surface area contributed by atoms with E-state index in [-0.39, 0.29) is 0 Å². The first-order chi connectivity index (χ1) is 6.34. The van der Waals surface area contributed by atoms with Crippen LogP contribution in [0.1, 0.15) is 20.8 Å². The number of hydrogen-bond acceptors (Lipinski definition) is 5. The van der Waals surface area contributed by atoms with Crippen LogP contribution >= 0.6 is 0 Å². The van der Waals surface area contributed by atoms with Crippen LogP contribution in [0.15, 0.2) is 0 Å². The van der Waals surface area contributed by atoms with Gasteiger partial charge in [0.2, 0.25) is 0 Å². The minimum Gasteiger partial charge on any atom is -0.479 e. The Balaban J connectivity index is 4.07. The molecule has 0 bridgehead atoms. The fourth-order valence-corrected chi connectivity index (χ4v) is 0.618. The number of carboxylic acids is 1. The van der Waals surface area contributed by atoms with Crippen molar-refractivity contribution in [1.29, 1.82) is 0 Å². The zero-order valence-electron chi connectivity index (χ0n) is 8.14. The van der Waals surface area contributed by atoms with E-state index in [2.05, 4.69) is 9.47 Å². The zero-order valence-corrected chi connectivity index (χ0v) is 8.14. The van der Waals surface area contributed by atoms with Crippen molar-refractivity contribution in [2.75, 3.05) is 0 Å². The Hall–Kier alpha value is -1.59. The third kappa shape index (κ3) is 4.44. The first-order valence-electron chi connectivity index (χ1n) is 3.95. The number of carbonyl (C=O) groups excluding carboxylic acids is 2. The van der Waals surface area contributed by atoms with E-state index in [0.29, 0.717) is 0 Å². The molecule has 0 amide bonds. The van der Waals surface area contributed by atoms with Gasteiger partial charge in [-0.1, -0.05) is 0 Å². The van der Waals surface area contributed by atoms with Crippen molar-refractivity contribution in [2.45, 2.75) is 33.0 Å². The molecule has 1 N–H and O–H groups in total. The topological polar surface area (TPSA) is 89.9 Å². The summed E-state index contributed by atoms with van der Waals surface area (Å²) in [6, 6.07) is 0. The summed E-state index contributed by atoms with van der Waals surface area (Å²) in [5.41, 5.74) is 0. The van der Waals surface area contributed by atoms with Crippen LogP contribution in [-0.2, 0) is 23.9 Å². The highest BCUT2D eigenvalue weighted by Crippen LogP contribution is 1.99. The SMILES string of the molecule is CC(=O)O[C@@H](C)C(=O)O[C@@H](C)C(=O)O. The van der Waals surface area contributed by atoms with Gasteiger partial charge in [-0.3, -0.25) is 4.79 Å². The van der Waals surface area contributed by atoms with Gasteiger partial charge in [-0.2, -0.15) is 0 Å². The molecule has 0 radical (unpaired) electrons. The van der Waals surface area contributed by atoms with Crippen LogP contribution in [0.2, 0.25) is 0 Å². The molecule has 0 heterocycles. The molecule has 6 nitrogen and oxygen atoms in total. The summed E-state index contributed by atoms with van der Waals surface area (Å²) in [7, 11) is 0. The van der Waals surface area contributed by atoms with Crippen LogP contribution in [0.3, 0.4) is 0 Å². The van der Waals surface area contributed by atoms with Gasteiger partial charge >= 0.3 is 17.9 Å². The predicted octanol–water partition coefficient (Wildman–Crippen LogP) is -0.0457. The van der Waals surface area contributed by atoms with Crippen molar-refractivity contribution < 1.29 is 29.0 Å². The molecule has 14 heavy (non-hydrogen) atoms. The first-order valence-corrected chi connectivity index (χ1v) is 3.95. The molecule has 0 aromatic carbocycles. The second-order valence-electron chi connectivity index (χ2n) is 2.67. The van der Waals surface area contributed by atoms with E-state index >= 15 is 0 Å². The highest BCUT2D eigenvalue weighted by Gasteiger charge is 2.22. The molecular formula is C8H12O6. The van der Waals surface area contributed by atoms with Crippen LogP contribution in [0.4, 0.5) is 0 Å². The Morgan fingerprint density at radius 2 is 1.57 bits per heavy atom. The maximum absolute atomic E-state index is 11.0. The summed E-state index contributed by atoms with van der Waals surface area (Å²) in [6.07, 6.45) is -2.34. The van der Waals surface area contributed by atoms with Crippen molar-refractivity contribution in [1.82, 2.24) is 0 Å². The Morgan fingerprint density at radius 3 is 1.93 bits per heavy atom. The molecular weight excluding hydrogens is 192 g/mol. The molecule has 2 atom stereocenters. The minimum atomic E-state index is -1.26. The molecule has 0 aromatic rings. The summed E-state index contributed by atoms with van der Waals surface area (Å²) in [5.74, 6) is -2.76. The minimum absolute atomic E-state index is 0.627. The molecule has 0 aliphatic carbocycles. The second-order valence-corrected chi connectivity index (χ2v) is 2.67. The molecule has 0 saturated heterocycles. The van der Waals surface area contributed by atoms with Crippen molar-refractivity contribution in [3.05, 3.63) is 0 Å². The normalized spacial score (nSPS) is 13.9. The third-order valence-corrected chi connectivity index (χ3v) is 1.32. The zero-order chi connectivity index (χ0) is 11.3. The summed E-state index contributed by atoms with van der Waals surface area (Å²) < 4.78 is 8.94. The van der Waals surface area contributed by atoms with Crippen LogP contribution in [0, 0.1) is 0 Å². The molecule has 0 aliphatic rings. The highest BCUT2D eigenvalue weighted by molar-refractivity contribution is 5.81. The lowest BCUT2D eigenvalue weighted by molar-refractivity contribution is -0.174. The number of rotatable bonds is 4. The number of carboxylic acid groups (broad SMARTS) is 1. The highest BCUT2D eigenvalue weighted by atomic mass is 16.6. The second kappa shape index (κ2) is 5.21. The monoisotopic (exact) mass is 204 g/mol. The van der Waals surface area contributed by atoms with Gasteiger partial charge in [0.15, 0.2) is 12.2 Å². The van der Waals surface area contributed by atoms with Crippen molar-refractivity contribution in [2.24, 2.45) is 0 Å². The van der Waals surface area contributed by atoms with E-state index in [1.54, 1.807) is 0 Å². The first kappa shape index (κ1) is 12.4. The molecule has 0 aliphatic heterocycles. The number of esters is 2. The van der Waals surface area contributed by atoms with E-state index in [0.717, 1.165) is 6.92 Å². The fraction of sp³-hybridized carbons (Fsp3) is 0.625. The van der Waals surface area contributed by atoms with Crippen molar-refractivity contribution in [3.63, 3.8) is 0 Å². The summed E-state index contributed by atoms with van der Waals surface area (Å²) in [6.45, 7) is 3.66. The molecule has 0 spiro atoms. The van der Waals surface area contributed by atoms with E-state index in [1.165, 1.54) is 13.8 Å². The summed E-state index contributed by atoms with van der Waals surface area (Å²) in [5, 5.41) is 8.41. The average molecular weight is 204 g/mol. The van der Waals surface area contributed by atoms with E-state index in [9.17, 15) is 14.4 Å². The van der Waals surface area contributed by atoms with Crippen LogP contribution < -0.4 is 0 Å². The van der Waals surface area contributed by atoms with Gasteiger partial charge in [0.05, 0.1) is 0 Å². The van der Waals surface area contributed by atoms with Gasteiger partial charge in [-0.25, -0.2) is 9.59 Å². The van der Waals surface area contributed by atoms with Crippen molar-refractivity contribution >= 4 is 17.9 Å². The van der Waals surface area contributed by atoms with Crippen LogP contribution in [0.25, 0.3) is 0 Å². The largest absolute Gasteiger partial charge is 0.479 e. The van der Waals surface area contributed by atoms with Gasteiger partial charge in [0.25, 0.3) is 0 Å². The van der Waals surface area contributed by atoms with E-state index < -0.39 is 30.1 Å². The van der Waals surface area contributed by atoms with Gasteiger partial charge < -0.3 is 14.6 Å². The van der Waals surface area contributed by atoms with Gasteiger partial charge in [-0.15, -0.1) is 0 Å². The smallest absolute Gasteiger partial charge is 0.347 e. The summed E-state index contributed by atoms with van der Waals surface area (Å²) in [4.78, 5) is 31.8. The molecule has 6 heteroatoms. The molecule has 80 valence electrons. The van der Waals surface area contributed by atoms with E-state index in [1.807, 2.05) is 0 Å². The Bertz CT molecular complexity index is 246. The number of aliphatic carboxylic acids is 1. The Kier molecular flexibility index (Phi) is 4.62. The fourth-order valence-electron chi connectivity index (χ4n) is 0.618. The quantitative estimate of drug-likeness (QED) is 0.646. The number of ether oxygens (including phenoxy) is 2. The molecule has 0 fully saturated rings. The molecule has 0 saturated carbocycles. The predicted molar refractivity (Wildman–Crippen MR) is 44.4 cm³/mol. The maximum Gasteiger partial charge on any atom is 0.347 e. The number of carbonyl (C=O) groups is 3. The standard InChI is InChI=1S/C8H12O6/c1-4(7(10)11)14-8(12)5(2)13-6(3)9/h4-5H,1-3H3,(H,10,11)/t4-,5-/m0/s1. The molecule has 0 aromatic heterocycles. The molecule has 0 unspecified atom stereocenters. The average Bonchev–Trinajstić information content (AvgIpc) is 2.02. The van der Waals surface area contributed by atoms with Crippen molar-refractivity contribution in [3.8, 4) is 0 Å². The van der Waals surface area contributed by atoms with Gasteiger partial charge in [-0.05, 0) is 13.8 Å². The van der Waals surface area contributed by atoms with Gasteiger partial charge in [0, 0.05) is 6.92 Å². The van der Waals surface area contributed by atoms with Crippen LogP contribution in [-0.4, -0.2) is 35.2 Å². The third-order valence-electron chi connectivity index (χ3n) is 1.32. The van der Waals surface area contributed by atoms with Crippen LogP contribution in [0.5, 0.6) is 0 Å².